The molecule has 3 nitrogen and oxygen atoms in total. The number of nitrogen functional groups attached to an aromatic ring is 1. The third kappa shape index (κ3) is 2.03. The summed E-state index contributed by atoms with van der Waals surface area (Å²) in [5.74, 6) is 0.324. The highest BCUT2D eigenvalue weighted by molar-refractivity contribution is 14.1. The van der Waals surface area contributed by atoms with Crippen molar-refractivity contribution in [3.63, 3.8) is 0 Å². The van der Waals surface area contributed by atoms with E-state index in [0.717, 1.165) is 5.69 Å². The van der Waals surface area contributed by atoms with Crippen molar-refractivity contribution in [1.29, 1.82) is 0 Å². The minimum atomic E-state index is -0.265. The number of halogens is 2. The van der Waals surface area contributed by atoms with Gasteiger partial charge in [0, 0.05) is 18.2 Å². The standard InChI is InChI=1S/C12H11FIN3/c13-8-5-12(10(15)6-9(8)14)17-4-3-11(16-17)7-1-2-7/h3-7H,1-2,15H2. The quantitative estimate of drug-likeness (QED) is 0.673. The van der Waals surface area contributed by atoms with Gasteiger partial charge in [-0.15, -0.1) is 0 Å². The molecule has 2 aromatic rings. The van der Waals surface area contributed by atoms with Crippen molar-refractivity contribution in [1.82, 2.24) is 9.78 Å². The van der Waals surface area contributed by atoms with Gasteiger partial charge in [0.15, 0.2) is 0 Å². The molecule has 3 rings (SSSR count). The van der Waals surface area contributed by atoms with Crippen LogP contribution in [-0.4, -0.2) is 9.78 Å². The lowest BCUT2D eigenvalue weighted by molar-refractivity contribution is 0.618. The molecule has 88 valence electrons. The molecule has 1 aliphatic carbocycles. The number of anilines is 1. The Morgan fingerprint density at radius 3 is 2.88 bits per heavy atom. The van der Waals surface area contributed by atoms with E-state index in [4.69, 9.17) is 5.73 Å². The van der Waals surface area contributed by atoms with Crippen LogP contribution in [-0.2, 0) is 0 Å². The zero-order chi connectivity index (χ0) is 12.0. The summed E-state index contributed by atoms with van der Waals surface area (Å²) in [6.07, 6.45) is 4.24. The van der Waals surface area contributed by atoms with Crippen molar-refractivity contribution in [2.75, 3.05) is 5.73 Å². The molecule has 1 fully saturated rings. The molecule has 17 heavy (non-hydrogen) atoms. The summed E-state index contributed by atoms with van der Waals surface area (Å²) in [5, 5.41) is 4.44. The molecule has 1 heterocycles. The fourth-order valence-electron chi connectivity index (χ4n) is 1.82. The third-order valence-corrected chi connectivity index (χ3v) is 3.75. The average Bonchev–Trinajstić information content (AvgIpc) is 3.03. The highest BCUT2D eigenvalue weighted by atomic mass is 127. The van der Waals surface area contributed by atoms with E-state index in [1.54, 1.807) is 10.7 Å². The summed E-state index contributed by atoms with van der Waals surface area (Å²) in [5.41, 5.74) is 8.11. The Labute approximate surface area is 112 Å². The zero-order valence-corrected chi connectivity index (χ0v) is 11.2. The van der Waals surface area contributed by atoms with Gasteiger partial charge in [0.25, 0.3) is 0 Å². The molecule has 1 aromatic heterocycles. The van der Waals surface area contributed by atoms with Crippen molar-refractivity contribution < 1.29 is 4.39 Å². The Morgan fingerprint density at radius 1 is 1.41 bits per heavy atom. The molecule has 2 N–H and O–H groups in total. The molecule has 0 aliphatic heterocycles. The van der Waals surface area contributed by atoms with Crippen LogP contribution in [0.3, 0.4) is 0 Å². The lowest BCUT2D eigenvalue weighted by atomic mass is 10.2. The largest absolute Gasteiger partial charge is 0.397 e. The predicted octanol–water partition coefficient (Wildman–Crippen LogP) is 3.08. The van der Waals surface area contributed by atoms with E-state index in [2.05, 4.69) is 5.10 Å². The molecule has 1 aliphatic rings. The van der Waals surface area contributed by atoms with Crippen molar-refractivity contribution in [3.05, 3.63) is 39.5 Å². The maximum absolute atomic E-state index is 13.5. The van der Waals surface area contributed by atoms with Gasteiger partial charge in [0.05, 0.1) is 20.6 Å². The Kier molecular flexibility index (Phi) is 2.57. The Morgan fingerprint density at radius 2 is 2.18 bits per heavy atom. The van der Waals surface area contributed by atoms with Gasteiger partial charge in [-0.3, -0.25) is 0 Å². The van der Waals surface area contributed by atoms with Gasteiger partial charge in [-0.05, 0) is 47.6 Å². The highest BCUT2D eigenvalue weighted by Gasteiger charge is 2.26. The normalized spacial score (nSPS) is 15.2. The number of hydrogen-bond acceptors (Lipinski definition) is 2. The van der Waals surface area contributed by atoms with Crippen LogP contribution in [0.4, 0.5) is 10.1 Å². The van der Waals surface area contributed by atoms with Crippen LogP contribution in [0.5, 0.6) is 0 Å². The second-order valence-electron chi connectivity index (χ2n) is 4.28. The number of hydrogen-bond donors (Lipinski definition) is 1. The summed E-state index contributed by atoms with van der Waals surface area (Å²) in [6.45, 7) is 0. The Bertz CT molecular complexity index is 575. The van der Waals surface area contributed by atoms with E-state index in [1.165, 1.54) is 18.9 Å². The SMILES string of the molecule is Nc1cc(I)c(F)cc1-n1ccc(C2CC2)n1. The van der Waals surface area contributed by atoms with Gasteiger partial charge in [-0.2, -0.15) is 5.10 Å². The van der Waals surface area contributed by atoms with E-state index < -0.39 is 0 Å². The van der Waals surface area contributed by atoms with Crippen molar-refractivity contribution >= 4 is 28.3 Å². The Balaban J connectivity index is 2.04. The molecule has 0 unspecified atom stereocenters. The molecule has 5 heteroatoms. The molecule has 0 saturated heterocycles. The minimum absolute atomic E-state index is 0.265. The van der Waals surface area contributed by atoms with E-state index >= 15 is 0 Å². The molecule has 1 aromatic carbocycles. The lowest BCUT2D eigenvalue weighted by Gasteiger charge is -2.07. The minimum Gasteiger partial charge on any atom is -0.397 e. The maximum atomic E-state index is 13.5. The maximum Gasteiger partial charge on any atom is 0.138 e. The van der Waals surface area contributed by atoms with Gasteiger partial charge >= 0.3 is 0 Å². The van der Waals surface area contributed by atoms with Gasteiger partial charge < -0.3 is 5.73 Å². The van der Waals surface area contributed by atoms with E-state index in [-0.39, 0.29) is 5.82 Å². The molecule has 0 radical (unpaired) electrons. The number of benzene rings is 1. The second kappa shape index (κ2) is 3.97. The lowest BCUT2D eigenvalue weighted by Crippen LogP contribution is -2.02. The first kappa shape index (κ1) is 11.0. The summed E-state index contributed by atoms with van der Waals surface area (Å²) >= 11 is 1.93. The van der Waals surface area contributed by atoms with Crippen LogP contribution < -0.4 is 5.73 Å². The van der Waals surface area contributed by atoms with Crippen LogP contribution in [0.25, 0.3) is 5.69 Å². The van der Waals surface area contributed by atoms with Gasteiger partial charge in [-0.25, -0.2) is 9.07 Å². The first-order valence-electron chi connectivity index (χ1n) is 5.45. The van der Waals surface area contributed by atoms with Crippen LogP contribution in [0, 0.1) is 9.39 Å². The second-order valence-corrected chi connectivity index (χ2v) is 5.45. The predicted molar refractivity (Wildman–Crippen MR) is 72.6 cm³/mol. The van der Waals surface area contributed by atoms with Gasteiger partial charge in [0.2, 0.25) is 0 Å². The molecule has 0 amide bonds. The fraction of sp³-hybridized carbons (Fsp3) is 0.250. The topological polar surface area (TPSA) is 43.8 Å². The van der Waals surface area contributed by atoms with Crippen LogP contribution in [0.15, 0.2) is 24.4 Å². The molecule has 1 saturated carbocycles. The summed E-state index contributed by atoms with van der Waals surface area (Å²) < 4.78 is 15.7. The van der Waals surface area contributed by atoms with E-state index in [0.29, 0.717) is 20.9 Å². The summed E-state index contributed by atoms with van der Waals surface area (Å²) in [4.78, 5) is 0. The summed E-state index contributed by atoms with van der Waals surface area (Å²) in [7, 11) is 0. The number of aromatic nitrogens is 2. The first-order chi connectivity index (χ1) is 8.15. The number of rotatable bonds is 2. The summed E-state index contributed by atoms with van der Waals surface area (Å²) in [6, 6.07) is 5.04. The van der Waals surface area contributed by atoms with Crippen LogP contribution in [0.2, 0.25) is 0 Å². The smallest absolute Gasteiger partial charge is 0.138 e. The third-order valence-electron chi connectivity index (χ3n) is 2.92. The van der Waals surface area contributed by atoms with Gasteiger partial charge in [-0.1, -0.05) is 0 Å². The van der Waals surface area contributed by atoms with E-state index in [9.17, 15) is 4.39 Å². The van der Waals surface area contributed by atoms with Crippen LogP contribution >= 0.6 is 22.6 Å². The molecule has 0 atom stereocenters. The number of nitrogens with zero attached hydrogens (tertiary/aromatic N) is 2. The van der Waals surface area contributed by atoms with Crippen molar-refractivity contribution in [3.8, 4) is 5.69 Å². The highest BCUT2D eigenvalue weighted by Crippen LogP contribution is 2.39. The van der Waals surface area contributed by atoms with Crippen LogP contribution in [0.1, 0.15) is 24.5 Å². The Hall–Kier alpha value is -1.11. The fourth-order valence-corrected chi connectivity index (χ4v) is 2.31. The zero-order valence-electron chi connectivity index (χ0n) is 9.03. The average molecular weight is 343 g/mol. The molecule has 0 bridgehead atoms. The van der Waals surface area contributed by atoms with E-state index in [1.807, 2.05) is 34.9 Å². The first-order valence-corrected chi connectivity index (χ1v) is 6.53. The van der Waals surface area contributed by atoms with Crippen molar-refractivity contribution in [2.45, 2.75) is 18.8 Å². The number of nitrogens with two attached hydrogens (primary N) is 1. The van der Waals surface area contributed by atoms with Crippen molar-refractivity contribution in [2.24, 2.45) is 0 Å². The monoisotopic (exact) mass is 343 g/mol. The molecular weight excluding hydrogens is 332 g/mol. The molecule has 0 spiro atoms. The molecular formula is C12H11FIN3. The van der Waals surface area contributed by atoms with Gasteiger partial charge in [0.1, 0.15) is 5.82 Å².